The summed E-state index contributed by atoms with van der Waals surface area (Å²) in [6, 6.07) is 0. The van der Waals surface area contributed by atoms with E-state index in [0.717, 1.165) is 0 Å². The van der Waals surface area contributed by atoms with Crippen LogP contribution in [0, 0.1) is 0 Å². The minimum absolute atomic E-state index is 0.00273. The average Bonchev–Trinajstić information content (AvgIpc) is 2.12. The number of rotatable bonds is 3. The highest BCUT2D eigenvalue weighted by Gasteiger charge is 2.14. The predicted octanol–water partition coefficient (Wildman–Crippen LogP) is 1.03. The van der Waals surface area contributed by atoms with Crippen LogP contribution >= 0.6 is 0 Å². The molecule has 0 aliphatic carbocycles. The molecule has 0 aromatic heterocycles. The van der Waals surface area contributed by atoms with E-state index in [4.69, 9.17) is 4.74 Å². The molecule has 0 aromatic rings. The first-order valence-corrected chi connectivity index (χ1v) is 4.28. The first-order chi connectivity index (χ1) is 6.63. The Morgan fingerprint density at radius 1 is 1.57 bits per heavy atom. The number of esters is 1. The zero-order chi connectivity index (χ0) is 10.6. The number of hydrogen-bond donors (Lipinski definition) is 0. The Balaban J connectivity index is 2.64. The number of carbonyl (C=O) groups excluding carboxylic acids is 2. The highest BCUT2D eigenvalue weighted by molar-refractivity contribution is 6.17. The summed E-state index contributed by atoms with van der Waals surface area (Å²) in [5.41, 5.74) is 0.966. The van der Waals surface area contributed by atoms with Crippen molar-refractivity contribution in [1.82, 2.24) is 0 Å². The van der Waals surface area contributed by atoms with Gasteiger partial charge in [0.1, 0.15) is 0 Å². The van der Waals surface area contributed by atoms with Gasteiger partial charge in [0.2, 0.25) is 0 Å². The molecule has 1 aliphatic rings. The number of ether oxygens (including phenoxy) is 1. The van der Waals surface area contributed by atoms with E-state index in [1.165, 1.54) is 6.08 Å². The van der Waals surface area contributed by atoms with Gasteiger partial charge in [-0.3, -0.25) is 9.59 Å². The van der Waals surface area contributed by atoms with E-state index in [1.807, 2.05) is 0 Å². The third kappa shape index (κ3) is 2.65. The quantitative estimate of drug-likeness (QED) is 0.629. The van der Waals surface area contributed by atoms with Crippen molar-refractivity contribution in [2.24, 2.45) is 4.99 Å². The van der Waals surface area contributed by atoms with Gasteiger partial charge < -0.3 is 4.74 Å². The smallest absolute Gasteiger partial charge is 0.311 e. The van der Waals surface area contributed by atoms with E-state index in [2.05, 4.69) is 11.6 Å². The van der Waals surface area contributed by atoms with Crippen LogP contribution in [0.5, 0.6) is 0 Å². The van der Waals surface area contributed by atoms with E-state index in [9.17, 15) is 9.59 Å². The van der Waals surface area contributed by atoms with Crippen LogP contribution in [-0.4, -0.2) is 24.2 Å². The van der Waals surface area contributed by atoms with Crippen molar-refractivity contribution < 1.29 is 14.3 Å². The van der Waals surface area contributed by atoms with Gasteiger partial charge in [-0.2, -0.15) is 0 Å². The maximum atomic E-state index is 11.1. The van der Waals surface area contributed by atoms with Crippen molar-refractivity contribution in [3.63, 3.8) is 0 Å². The molecule has 0 N–H and O–H groups in total. The molecule has 74 valence electrons. The van der Waals surface area contributed by atoms with Crippen molar-refractivity contribution in [2.75, 3.05) is 6.61 Å². The van der Waals surface area contributed by atoms with Crippen molar-refractivity contribution in [2.45, 2.75) is 13.3 Å². The number of dihydropyridines is 1. The molecular weight excluding hydrogens is 182 g/mol. The fourth-order valence-corrected chi connectivity index (χ4v) is 1.01. The normalized spacial score (nSPS) is 15.4. The highest BCUT2D eigenvalue weighted by atomic mass is 16.5. The van der Waals surface area contributed by atoms with E-state index in [1.54, 1.807) is 13.0 Å². The van der Waals surface area contributed by atoms with Crippen LogP contribution in [-0.2, 0) is 14.3 Å². The lowest BCUT2D eigenvalue weighted by atomic mass is 10.1. The second kappa shape index (κ2) is 4.50. The molecule has 1 heterocycles. The molecule has 0 bridgehead atoms. The zero-order valence-corrected chi connectivity index (χ0v) is 7.95. The fraction of sp³-hybridized carbons (Fsp3) is 0.300. The number of amides is 1. The molecular formula is C10H11NO3. The highest BCUT2D eigenvalue weighted by Crippen LogP contribution is 2.08. The maximum Gasteiger partial charge on any atom is 0.311 e. The van der Waals surface area contributed by atoms with Gasteiger partial charge >= 0.3 is 5.97 Å². The second-order valence-electron chi connectivity index (χ2n) is 2.74. The van der Waals surface area contributed by atoms with E-state index in [0.29, 0.717) is 17.9 Å². The van der Waals surface area contributed by atoms with Crippen LogP contribution in [0.4, 0.5) is 0 Å². The topological polar surface area (TPSA) is 55.7 Å². The Kier molecular flexibility index (Phi) is 3.34. The molecule has 14 heavy (non-hydrogen) atoms. The minimum atomic E-state index is -0.393. The summed E-state index contributed by atoms with van der Waals surface area (Å²) < 4.78 is 4.73. The van der Waals surface area contributed by atoms with E-state index in [-0.39, 0.29) is 12.3 Å². The first-order valence-electron chi connectivity index (χ1n) is 4.28. The standard InChI is InChI=1S/C10H11NO3/c1-3-14-10(13)6-8-7(2)4-5-9(12)11-8/h4-5H,2-3,6H2,1H3. The van der Waals surface area contributed by atoms with Crippen molar-refractivity contribution in [1.29, 1.82) is 0 Å². The van der Waals surface area contributed by atoms with Gasteiger partial charge in [0.15, 0.2) is 0 Å². The van der Waals surface area contributed by atoms with Crippen LogP contribution in [0.3, 0.4) is 0 Å². The van der Waals surface area contributed by atoms with Crippen molar-refractivity contribution >= 4 is 17.6 Å². The molecule has 1 rings (SSSR count). The van der Waals surface area contributed by atoms with Crippen LogP contribution in [0.25, 0.3) is 0 Å². The number of allylic oxidation sites excluding steroid dienone is 2. The monoisotopic (exact) mass is 193 g/mol. The van der Waals surface area contributed by atoms with Crippen molar-refractivity contribution in [3.8, 4) is 0 Å². The van der Waals surface area contributed by atoms with Gasteiger partial charge in [0, 0.05) is 6.08 Å². The molecule has 4 heteroatoms. The lowest BCUT2D eigenvalue weighted by molar-refractivity contribution is -0.141. The van der Waals surface area contributed by atoms with Crippen LogP contribution < -0.4 is 0 Å². The molecule has 1 amide bonds. The van der Waals surface area contributed by atoms with Gasteiger partial charge in [-0.15, -0.1) is 0 Å². The molecule has 4 nitrogen and oxygen atoms in total. The summed E-state index contributed by atoms with van der Waals surface area (Å²) >= 11 is 0. The van der Waals surface area contributed by atoms with Gasteiger partial charge in [-0.25, -0.2) is 4.99 Å². The molecule has 1 aliphatic heterocycles. The Bertz CT molecular complexity index is 339. The maximum absolute atomic E-state index is 11.1. The summed E-state index contributed by atoms with van der Waals surface area (Å²) in [4.78, 5) is 25.7. The minimum Gasteiger partial charge on any atom is -0.466 e. The van der Waals surface area contributed by atoms with Crippen LogP contribution in [0.15, 0.2) is 29.3 Å². The molecule has 0 saturated heterocycles. The van der Waals surface area contributed by atoms with Gasteiger partial charge in [0.05, 0.1) is 18.7 Å². The van der Waals surface area contributed by atoms with Crippen LogP contribution in [0.2, 0.25) is 0 Å². The van der Waals surface area contributed by atoms with Gasteiger partial charge in [-0.1, -0.05) is 6.58 Å². The Morgan fingerprint density at radius 3 is 2.93 bits per heavy atom. The Hall–Kier alpha value is -1.71. The molecule has 0 atom stereocenters. The fourth-order valence-electron chi connectivity index (χ4n) is 1.01. The molecule has 0 spiro atoms. The van der Waals surface area contributed by atoms with E-state index >= 15 is 0 Å². The Morgan fingerprint density at radius 2 is 2.29 bits per heavy atom. The summed E-state index contributed by atoms with van der Waals surface area (Å²) in [6.45, 7) is 5.71. The number of nitrogens with zero attached hydrogens (tertiary/aromatic N) is 1. The molecule has 0 fully saturated rings. The summed E-state index contributed by atoms with van der Waals surface area (Å²) in [5.74, 6) is -0.757. The first kappa shape index (κ1) is 10.4. The van der Waals surface area contributed by atoms with E-state index < -0.39 is 5.97 Å². The predicted molar refractivity (Wildman–Crippen MR) is 52.0 cm³/mol. The molecule has 0 aromatic carbocycles. The Labute approximate surface area is 82.0 Å². The number of aliphatic imine (C=N–C) groups is 1. The number of hydrogen-bond acceptors (Lipinski definition) is 3. The third-order valence-corrected chi connectivity index (χ3v) is 1.66. The van der Waals surface area contributed by atoms with Crippen LogP contribution in [0.1, 0.15) is 13.3 Å². The summed E-state index contributed by atoms with van der Waals surface area (Å²) in [6.07, 6.45) is 2.86. The second-order valence-corrected chi connectivity index (χ2v) is 2.74. The SMILES string of the molecule is C=C1C=CC(=O)N=C1CC(=O)OCC. The van der Waals surface area contributed by atoms with Gasteiger partial charge in [-0.05, 0) is 18.6 Å². The van der Waals surface area contributed by atoms with Crippen molar-refractivity contribution in [3.05, 3.63) is 24.3 Å². The lowest BCUT2D eigenvalue weighted by Crippen LogP contribution is -2.15. The van der Waals surface area contributed by atoms with Gasteiger partial charge in [0.25, 0.3) is 5.91 Å². The molecule has 0 unspecified atom stereocenters. The zero-order valence-electron chi connectivity index (χ0n) is 7.95. The largest absolute Gasteiger partial charge is 0.466 e. The summed E-state index contributed by atoms with van der Waals surface area (Å²) in [7, 11) is 0. The third-order valence-electron chi connectivity index (χ3n) is 1.66. The molecule has 0 radical (unpaired) electrons. The average molecular weight is 193 g/mol. The lowest BCUT2D eigenvalue weighted by Gasteiger charge is -2.08. The summed E-state index contributed by atoms with van der Waals surface area (Å²) in [5, 5.41) is 0. The molecule has 0 saturated carbocycles. The number of carbonyl (C=O) groups is 2.